The van der Waals surface area contributed by atoms with Crippen LogP contribution in [0.25, 0.3) is 6.08 Å². The van der Waals surface area contributed by atoms with Crippen LogP contribution in [0.2, 0.25) is 5.02 Å². The number of nitrogens with zero attached hydrogens (tertiary/aromatic N) is 2. The Hall–Kier alpha value is -3.16. The molecule has 0 N–H and O–H groups in total. The highest BCUT2D eigenvalue weighted by Crippen LogP contribution is 2.31. The van der Waals surface area contributed by atoms with E-state index in [1.54, 1.807) is 43.3 Å². The summed E-state index contributed by atoms with van der Waals surface area (Å²) >= 11 is 7.30. The van der Waals surface area contributed by atoms with E-state index >= 15 is 0 Å². The molecule has 2 aromatic heterocycles. The van der Waals surface area contributed by atoms with Crippen LogP contribution in [0.4, 0.5) is 0 Å². The quantitative estimate of drug-likeness (QED) is 0.436. The van der Waals surface area contributed by atoms with Gasteiger partial charge < -0.3 is 9.15 Å². The van der Waals surface area contributed by atoms with Crippen molar-refractivity contribution in [2.75, 3.05) is 6.61 Å². The minimum absolute atomic E-state index is 0.0607. The Morgan fingerprint density at radius 1 is 1.29 bits per heavy atom. The lowest BCUT2D eigenvalue weighted by molar-refractivity contribution is -0.138. The van der Waals surface area contributed by atoms with E-state index in [1.165, 1.54) is 22.0 Å². The van der Waals surface area contributed by atoms with Gasteiger partial charge in [0.05, 0.1) is 21.8 Å². The normalized spacial score (nSPS) is 16.1. The minimum atomic E-state index is -0.689. The van der Waals surface area contributed by atoms with Crippen LogP contribution in [0, 0.1) is 6.92 Å². The Morgan fingerprint density at radius 3 is 2.68 bits per heavy atom. The maximum atomic E-state index is 13.4. The van der Waals surface area contributed by atoms with Crippen LogP contribution >= 0.6 is 22.9 Å². The third-order valence-electron chi connectivity index (χ3n) is 4.79. The van der Waals surface area contributed by atoms with Gasteiger partial charge in [0.1, 0.15) is 18.1 Å². The summed E-state index contributed by atoms with van der Waals surface area (Å²) < 4.78 is 12.9. The summed E-state index contributed by atoms with van der Waals surface area (Å²) in [6, 6.07) is 9.97. The average Bonchev–Trinajstić information content (AvgIpc) is 3.28. The predicted molar refractivity (Wildman–Crippen MR) is 120 cm³/mol. The highest BCUT2D eigenvalue weighted by atomic mass is 35.5. The number of aryl methyl sites for hydroxylation is 1. The van der Waals surface area contributed by atoms with Crippen molar-refractivity contribution in [2.24, 2.45) is 4.99 Å². The molecule has 3 aromatic rings. The van der Waals surface area contributed by atoms with Crippen LogP contribution in [0.15, 0.2) is 74.5 Å². The summed E-state index contributed by atoms with van der Waals surface area (Å²) in [4.78, 5) is 31.3. The predicted octanol–water partition coefficient (Wildman–Crippen LogP) is 3.52. The largest absolute Gasteiger partial charge is 0.462 e. The lowest BCUT2D eigenvalue weighted by atomic mass is 9.96. The van der Waals surface area contributed by atoms with E-state index in [0.29, 0.717) is 31.4 Å². The van der Waals surface area contributed by atoms with E-state index in [1.807, 2.05) is 13.0 Å². The van der Waals surface area contributed by atoms with Gasteiger partial charge in [0.2, 0.25) is 0 Å². The maximum absolute atomic E-state index is 13.4. The van der Waals surface area contributed by atoms with E-state index < -0.39 is 12.0 Å². The molecule has 1 aromatic carbocycles. The van der Waals surface area contributed by atoms with Crippen LogP contribution in [-0.4, -0.2) is 17.1 Å². The van der Waals surface area contributed by atoms with Gasteiger partial charge in [-0.1, -0.05) is 47.7 Å². The van der Waals surface area contributed by atoms with Crippen LogP contribution in [0.1, 0.15) is 30.0 Å². The van der Waals surface area contributed by atoms with Crippen LogP contribution < -0.4 is 14.9 Å². The number of furan rings is 1. The number of carbonyl (C=O) groups excluding carboxylic acids is 1. The number of carbonyl (C=O) groups is 1. The summed E-state index contributed by atoms with van der Waals surface area (Å²) in [5.74, 6) is 0.783. The molecule has 1 aliphatic rings. The van der Waals surface area contributed by atoms with Gasteiger partial charge in [0.15, 0.2) is 4.80 Å². The summed E-state index contributed by atoms with van der Waals surface area (Å²) in [6.07, 6.45) is 3.18. The average molecular weight is 455 g/mol. The van der Waals surface area contributed by atoms with Crippen molar-refractivity contribution in [3.8, 4) is 0 Å². The summed E-state index contributed by atoms with van der Waals surface area (Å²) in [6.45, 7) is 7.22. The van der Waals surface area contributed by atoms with E-state index in [-0.39, 0.29) is 12.2 Å². The van der Waals surface area contributed by atoms with Gasteiger partial charge in [-0.3, -0.25) is 9.36 Å². The van der Waals surface area contributed by atoms with E-state index in [4.69, 9.17) is 20.8 Å². The van der Waals surface area contributed by atoms with Gasteiger partial charge in [-0.15, -0.1) is 0 Å². The van der Waals surface area contributed by atoms with Crippen molar-refractivity contribution < 1.29 is 13.9 Å². The monoisotopic (exact) mass is 454 g/mol. The Morgan fingerprint density at radius 2 is 2.03 bits per heavy atom. The molecular weight excluding hydrogens is 436 g/mol. The standard InChI is InChI=1S/C23H19ClN2O4S/c1-4-11-29-22(28)19-14(3)25-23-26(20(19)15-6-8-16(24)9-7-15)21(27)18(31-23)12-17-10-5-13(2)30-17/h4-10,12,20H,1,11H2,2-3H3/t20-/m1/s1. The number of hydrogen-bond donors (Lipinski definition) is 0. The number of aromatic nitrogens is 1. The molecule has 0 saturated carbocycles. The number of fused-ring (bicyclic) bond motifs is 1. The first-order chi connectivity index (χ1) is 14.9. The highest BCUT2D eigenvalue weighted by Gasteiger charge is 2.33. The van der Waals surface area contributed by atoms with E-state index in [0.717, 1.165) is 11.3 Å². The van der Waals surface area contributed by atoms with Crippen molar-refractivity contribution in [2.45, 2.75) is 19.9 Å². The number of thiazole rings is 1. The fourth-order valence-electron chi connectivity index (χ4n) is 3.42. The second kappa shape index (κ2) is 8.53. The summed E-state index contributed by atoms with van der Waals surface area (Å²) in [5, 5.41) is 0.556. The number of rotatable bonds is 5. The molecule has 0 spiro atoms. The molecule has 0 bridgehead atoms. The molecule has 8 heteroatoms. The molecule has 6 nitrogen and oxygen atoms in total. The zero-order chi connectivity index (χ0) is 22.1. The molecule has 0 radical (unpaired) electrons. The Balaban J connectivity index is 1.93. The Bertz CT molecular complexity index is 1380. The third-order valence-corrected chi connectivity index (χ3v) is 6.03. The zero-order valence-corrected chi connectivity index (χ0v) is 18.5. The van der Waals surface area contributed by atoms with Crippen molar-refractivity contribution in [3.05, 3.63) is 102 Å². The van der Waals surface area contributed by atoms with E-state index in [9.17, 15) is 9.59 Å². The molecule has 3 heterocycles. The molecule has 0 unspecified atom stereocenters. The molecule has 0 aliphatic carbocycles. The molecule has 158 valence electrons. The minimum Gasteiger partial charge on any atom is -0.462 e. The molecule has 1 aliphatic heterocycles. The maximum Gasteiger partial charge on any atom is 0.338 e. The molecule has 0 amide bonds. The number of allylic oxidation sites excluding steroid dienone is 1. The first kappa shape index (κ1) is 21.1. The smallest absolute Gasteiger partial charge is 0.338 e. The topological polar surface area (TPSA) is 73.8 Å². The van der Waals surface area contributed by atoms with Gasteiger partial charge in [-0.05, 0) is 43.7 Å². The molecule has 1 atom stereocenters. The molecule has 31 heavy (non-hydrogen) atoms. The SMILES string of the molecule is C=CCOC(=O)C1=C(C)N=c2sc(=Cc3ccc(C)o3)c(=O)n2[C@@H]1c1ccc(Cl)cc1. The molecule has 0 fully saturated rings. The fourth-order valence-corrected chi connectivity index (χ4v) is 4.57. The van der Waals surface area contributed by atoms with Crippen LogP contribution in [0.5, 0.6) is 0 Å². The van der Waals surface area contributed by atoms with Gasteiger partial charge in [-0.25, -0.2) is 9.79 Å². The van der Waals surface area contributed by atoms with Gasteiger partial charge >= 0.3 is 5.97 Å². The van der Waals surface area contributed by atoms with E-state index in [2.05, 4.69) is 11.6 Å². The second-order valence-corrected chi connectivity index (χ2v) is 8.41. The number of esters is 1. The Kier molecular flexibility index (Phi) is 5.80. The fraction of sp³-hybridized carbons (Fsp3) is 0.174. The van der Waals surface area contributed by atoms with Crippen LogP contribution in [0.3, 0.4) is 0 Å². The van der Waals surface area contributed by atoms with Crippen molar-refractivity contribution in [3.63, 3.8) is 0 Å². The van der Waals surface area contributed by atoms with Crippen molar-refractivity contribution >= 4 is 35.0 Å². The number of hydrogen-bond acceptors (Lipinski definition) is 6. The van der Waals surface area contributed by atoms with Gasteiger partial charge in [0.25, 0.3) is 5.56 Å². The zero-order valence-electron chi connectivity index (χ0n) is 16.9. The first-order valence-corrected chi connectivity index (χ1v) is 10.7. The summed E-state index contributed by atoms with van der Waals surface area (Å²) in [5.41, 5.74) is 1.26. The Labute approximate surface area is 187 Å². The number of halogens is 1. The lowest BCUT2D eigenvalue weighted by Crippen LogP contribution is -2.39. The van der Waals surface area contributed by atoms with Gasteiger partial charge in [-0.2, -0.15) is 0 Å². The number of ether oxygens (including phenoxy) is 1. The van der Waals surface area contributed by atoms with Crippen LogP contribution in [-0.2, 0) is 9.53 Å². The second-order valence-electron chi connectivity index (χ2n) is 6.97. The van der Waals surface area contributed by atoms with Crippen molar-refractivity contribution in [1.82, 2.24) is 4.57 Å². The van der Waals surface area contributed by atoms with Crippen molar-refractivity contribution in [1.29, 1.82) is 0 Å². The molecule has 4 rings (SSSR count). The third kappa shape index (κ3) is 4.06. The first-order valence-electron chi connectivity index (χ1n) is 9.51. The molecular formula is C23H19ClN2O4S. The molecule has 0 saturated heterocycles. The number of benzene rings is 1. The lowest BCUT2D eigenvalue weighted by Gasteiger charge is -2.24. The highest BCUT2D eigenvalue weighted by molar-refractivity contribution is 7.07. The van der Waals surface area contributed by atoms with Gasteiger partial charge in [0, 0.05) is 11.1 Å². The summed E-state index contributed by atoms with van der Waals surface area (Å²) in [7, 11) is 0.